The number of thioether (sulfide) groups is 1. The lowest BCUT2D eigenvalue weighted by Gasteiger charge is -2.24. The van der Waals surface area contributed by atoms with Gasteiger partial charge in [0.05, 0.1) is 5.25 Å². The number of benzene rings is 1. The van der Waals surface area contributed by atoms with Crippen LogP contribution in [-0.4, -0.2) is 35.1 Å². The van der Waals surface area contributed by atoms with Gasteiger partial charge in [-0.05, 0) is 19.9 Å². The molecule has 1 saturated heterocycles. The third kappa shape index (κ3) is 3.58. The van der Waals surface area contributed by atoms with Crippen molar-refractivity contribution in [2.75, 3.05) is 13.1 Å². The predicted octanol–water partition coefficient (Wildman–Crippen LogP) is 2.45. The Kier molecular flexibility index (Phi) is 5.39. The normalized spacial score (nSPS) is 21.3. The standard InChI is InChI=1S/C15H18F2N2O2S/c1-3-18-13(20)6-7-19-14(21)9(2)22-15(19)11-5-4-10(16)8-12(11)17/h4-5,8-9,15H,3,6-7H2,1-2H3,(H,18,20)/t9-,15-/m1/s1. The zero-order chi connectivity index (χ0) is 16.3. The molecule has 4 nitrogen and oxygen atoms in total. The van der Waals surface area contributed by atoms with Crippen molar-refractivity contribution >= 4 is 23.6 Å². The molecule has 1 aromatic rings. The van der Waals surface area contributed by atoms with Crippen molar-refractivity contribution in [1.82, 2.24) is 10.2 Å². The quantitative estimate of drug-likeness (QED) is 0.903. The monoisotopic (exact) mass is 328 g/mol. The van der Waals surface area contributed by atoms with Gasteiger partial charge in [-0.25, -0.2) is 8.78 Å². The molecule has 1 N–H and O–H groups in total. The van der Waals surface area contributed by atoms with Gasteiger partial charge >= 0.3 is 0 Å². The fraction of sp³-hybridized carbons (Fsp3) is 0.467. The SMILES string of the molecule is CCNC(=O)CCN1C(=O)[C@@H](C)S[C@@H]1c1ccc(F)cc1F. The molecule has 0 bridgehead atoms. The van der Waals surface area contributed by atoms with Crippen LogP contribution in [0.1, 0.15) is 31.2 Å². The van der Waals surface area contributed by atoms with E-state index in [1.54, 1.807) is 6.92 Å². The molecule has 0 spiro atoms. The lowest BCUT2D eigenvalue weighted by Crippen LogP contribution is -2.34. The van der Waals surface area contributed by atoms with Gasteiger partial charge in [0.15, 0.2) is 0 Å². The maximum Gasteiger partial charge on any atom is 0.236 e. The molecule has 120 valence electrons. The number of amides is 2. The molecule has 1 heterocycles. The van der Waals surface area contributed by atoms with E-state index in [0.29, 0.717) is 6.54 Å². The molecule has 2 rings (SSSR count). The molecule has 0 aliphatic carbocycles. The summed E-state index contributed by atoms with van der Waals surface area (Å²) in [6.45, 7) is 4.29. The van der Waals surface area contributed by atoms with Crippen molar-refractivity contribution in [1.29, 1.82) is 0 Å². The highest BCUT2D eigenvalue weighted by atomic mass is 32.2. The van der Waals surface area contributed by atoms with Crippen LogP contribution >= 0.6 is 11.8 Å². The second-order valence-electron chi connectivity index (χ2n) is 5.03. The third-order valence-electron chi connectivity index (χ3n) is 3.43. The Labute approximate surface area is 132 Å². The molecule has 2 amide bonds. The summed E-state index contributed by atoms with van der Waals surface area (Å²) in [5.41, 5.74) is 0.264. The van der Waals surface area contributed by atoms with Crippen LogP contribution in [0.15, 0.2) is 18.2 Å². The van der Waals surface area contributed by atoms with Crippen LogP contribution in [0.25, 0.3) is 0 Å². The molecule has 2 atom stereocenters. The van der Waals surface area contributed by atoms with Crippen LogP contribution < -0.4 is 5.32 Å². The molecule has 0 aromatic heterocycles. The smallest absolute Gasteiger partial charge is 0.236 e. The highest BCUT2D eigenvalue weighted by Gasteiger charge is 2.39. The van der Waals surface area contributed by atoms with Crippen LogP contribution in [0.3, 0.4) is 0 Å². The summed E-state index contributed by atoms with van der Waals surface area (Å²) in [7, 11) is 0. The molecular formula is C15H18F2N2O2S. The predicted molar refractivity (Wildman–Crippen MR) is 81.2 cm³/mol. The summed E-state index contributed by atoms with van der Waals surface area (Å²) in [4.78, 5) is 25.3. The summed E-state index contributed by atoms with van der Waals surface area (Å²) in [5.74, 6) is -1.62. The van der Waals surface area contributed by atoms with E-state index in [0.717, 1.165) is 6.07 Å². The molecular weight excluding hydrogens is 310 g/mol. The first-order valence-corrected chi connectivity index (χ1v) is 8.06. The highest BCUT2D eigenvalue weighted by Crippen LogP contribution is 2.43. The molecule has 0 unspecified atom stereocenters. The number of carbonyl (C=O) groups excluding carboxylic acids is 2. The first-order valence-electron chi connectivity index (χ1n) is 7.11. The average Bonchev–Trinajstić information content (AvgIpc) is 2.73. The summed E-state index contributed by atoms with van der Waals surface area (Å²) >= 11 is 1.30. The van der Waals surface area contributed by atoms with Crippen LogP contribution in [0.4, 0.5) is 8.78 Å². The summed E-state index contributed by atoms with van der Waals surface area (Å²) < 4.78 is 27.0. The fourth-order valence-electron chi connectivity index (χ4n) is 2.35. The second kappa shape index (κ2) is 7.09. The van der Waals surface area contributed by atoms with E-state index in [4.69, 9.17) is 0 Å². The Hall–Kier alpha value is -1.63. The number of rotatable bonds is 5. The van der Waals surface area contributed by atoms with Gasteiger partial charge in [0.1, 0.15) is 17.0 Å². The Morgan fingerprint density at radius 2 is 2.14 bits per heavy atom. The van der Waals surface area contributed by atoms with Crippen molar-refractivity contribution in [2.45, 2.75) is 30.9 Å². The first kappa shape index (κ1) is 16.7. The van der Waals surface area contributed by atoms with Gasteiger partial charge in [-0.15, -0.1) is 11.8 Å². The van der Waals surface area contributed by atoms with E-state index in [1.807, 2.05) is 6.92 Å². The third-order valence-corrected chi connectivity index (χ3v) is 4.81. The van der Waals surface area contributed by atoms with E-state index in [2.05, 4.69) is 5.32 Å². The van der Waals surface area contributed by atoms with E-state index in [-0.39, 0.29) is 35.6 Å². The number of nitrogens with one attached hydrogen (secondary N) is 1. The van der Waals surface area contributed by atoms with Crippen molar-refractivity contribution in [2.24, 2.45) is 0 Å². The van der Waals surface area contributed by atoms with Gasteiger partial charge in [0.2, 0.25) is 11.8 Å². The van der Waals surface area contributed by atoms with E-state index in [9.17, 15) is 18.4 Å². The topological polar surface area (TPSA) is 49.4 Å². The van der Waals surface area contributed by atoms with E-state index >= 15 is 0 Å². The highest BCUT2D eigenvalue weighted by molar-refractivity contribution is 8.01. The molecule has 1 aromatic carbocycles. The summed E-state index contributed by atoms with van der Waals surface area (Å²) in [6.07, 6.45) is 0.159. The Balaban J connectivity index is 2.17. The molecule has 7 heteroatoms. The molecule has 22 heavy (non-hydrogen) atoms. The van der Waals surface area contributed by atoms with Crippen LogP contribution in [0, 0.1) is 11.6 Å². The number of halogens is 2. The van der Waals surface area contributed by atoms with Crippen molar-refractivity contribution in [3.05, 3.63) is 35.4 Å². The second-order valence-corrected chi connectivity index (χ2v) is 6.46. The Morgan fingerprint density at radius 3 is 2.77 bits per heavy atom. The van der Waals surface area contributed by atoms with Gasteiger partial charge < -0.3 is 10.2 Å². The molecule has 1 aliphatic heterocycles. The van der Waals surface area contributed by atoms with Crippen molar-refractivity contribution in [3.8, 4) is 0 Å². The zero-order valence-corrected chi connectivity index (χ0v) is 13.3. The molecule has 0 saturated carbocycles. The zero-order valence-electron chi connectivity index (χ0n) is 12.4. The van der Waals surface area contributed by atoms with Crippen LogP contribution in [0.5, 0.6) is 0 Å². The minimum Gasteiger partial charge on any atom is -0.356 e. The minimum absolute atomic E-state index is 0.136. The molecule has 0 radical (unpaired) electrons. The first-order chi connectivity index (χ1) is 10.4. The number of carbonyl (C=O) groups is 2. The fourth-order valence-corrected chi connectivity index (χ4v) is 3.68. The maximum absolute atomic E-state index is 14.0. The maximum atomic E-state index is 14.0. The summed E-state index contributed by atoms with van der Waals surface area (Å²) in [6, 6.07) is 3.34. The van der Waals surface area contributed by atoms with Gasteiger partial charge in [0, 0.05) is 31.1 Å². The average molecular weight is 328 g/mol. The Bertz CT molecular complexity index is 583. The molecule has 1 aliphatic rings. The van der Waals surface area contributed by atoms with Gasteiger partial charge in [0.25, 0.3) is 0 Å². The summed E-state index contributed by atoms with van der Waals surface area (Å²) in [5, 5.41) is 1.82. The van der Waals surface area contributed by atoms with Gasteiger partial charge in [-0.1, -0.05) is 6.07 Å². The minimum atomic E-state index is -0.678. The molecule has 1 fully saturated rings. The largest absolute Gasteiger partial charge is 0.356 e. The van der Waals surface area contributed by atoms with Crippen molar-refractivity contribution < 1.29 is 18.4 Å². The van der Waals surface area contributed by atoms with Gasteiger partial charge in [-0.2, -0.15) is 0 Å². The number of hydrogen-bond donors (Lipinski definition) is 1. The van der Waals surface area contributed by atoms with Gasteiger partial charge in [-0.3, -0.25) is 9.59 Å². The van der Waals surface area contributed by atoms with Crippen molar-refractivity contribution in [3.63, 3.8) is 0 Å². The van der Waals surface area contributed by atoms with Crippen LogP contribution in [0.2, 0.25) is 0 Å². The van der Waals surface area contributed by atoms with Crippen LogP contribution in [-0.2, 0) is 9.59 Å². The number of hydrogen-bond acceptors (Lipinski definition) is 3. The lowest BCUT2D eigenvalue weighted by molar-refractivity contribution is -0.130. The Morgan fingerprint density at radius 1 is 1.41 bits per heavy atom. The van der Waals surface area contributed by atoms with E-state index in [1.165, 1.54) is 28.8 Å². The van der Waals surface area contributed by atoms with E-state index < -0.39 is 17.0 Å². The lowest BCUT2D eigenvalue weighted by atomic mass is 10.1. The number of nitrogens with zero attached hydrogens (tertiary/aromatic N) is 1.